The van der Waals surface area contributed by atoms with Crippen LogP contribution in [-0.4, -0.2) is 91.8 Å². The zero-order valence-electron chi connectivity index (χ0n) is 20.8. The van der Waals surface area contributed by atoms with Gasteiger partial charge >= 0.3 is 17.9 Å². The van der Waals surface area contributed by atoms with E-state index in [2.05, 4.69) is 20.9 Å². The SMILES string of the molecule is NC(CCC(=O)O)C(=O)NC(CCC(=O)O)C(=O)NC(CO)C(=O)NC(Cc1c[nH]c2ccccc12)C(=O)O. The Kier molecular flexibility index (Phi) is 11.4. The summed E-state index contributed by atoms with van der Waals surface area (Å²) in [5.74, 6) is -6.82. The van der Waals surface area contributed by atoms with Gasteiger partial charge in [0.2, 0.25) is 17.7 Å². The largest absolute Gasteiger partial charge is 0.481 e. The van der Waals surface area contributed by atoms with E-state index in [-0.39, 0.29) is 12.8 Å². The summed E-state index contributed by atoms with van der Waals surface area (Å²) in [5.41, 5.74) is 7.01. The number of rotatable bonds is 16. The van der Waals surface area contributed by atoms with Gasteiger partial charge in [0.05, 0.1) is 12.6 Å². The first kappa shape index (κ1) is 30.7. The Morgan fingerprint density at radius 2 is 1.36 bits per heavy atom. The highest BCUT2D eigenvalue weighted by atomic mass is 16.4. The predicted octanol–water partition coefficient (Wildman–Crippen LogP) is -1.70. The molecule has 39 heavy (non-hydrogen) atoms. The number of nitrogens with one attached hydrogen (secondary N) is 4. The zero-order chi connectivity index (χ0) is 29.1. The fraction of sp³-hybridized carbons (Fsp3) is 0.417. The van der Waals surface area contributed by atoms with Crippen LogP contribution >= 0.6 is 0 Å². The fourth-order valence-electron chi connectivity index (χ4n) is 3.68. The van der Waals surface area contributed by atoms with Crippen LogP contribution < -0.4 is 21.7 Å². The van der Waals surface area contributed by atoms with Gasteiger partial charge in [0.15, 0.2) is 0 Å². The molecule has 212 valence electrons. The van der Waals surface area contributed by atoms with Gasteiger partial charge in [-0.15, -0.1) is 0 Å². The van der Waals surface area contributed by atoms with Crippen LogP contribution in [0.1, 0.15) is 31.2 Å². The van der Waals surface area contributed by atoms with Crippen LogP contribution in [0.4, 0.5) is 0 Å². The fourth-order valence-corrected chi connectivity index (χ4v) is 3.68. The molecule has 0 saturated heterocycles. The summed E-state index contributed by atoms with van der Waals surface area (Å²) in [6.07, 6.45) is -0.127. The third-order valence-electron chi connectivity index (χ3n) is 5.81. The topological polar surface area (TPSA) is 261 Å². The molecule has 4 unspecified atom stereocenters. The number of carboxylic acid groups (broad SMARTS) is 3. The second-order valence-corrected chi connectivity index (χ2v) is 8.74. The monoisotopic (exact) mass is 549 g/mol. The van der Waals surface area contributed by atoms with Crippen LogP contribution in [0.2, 0.25) is 0 Å². The Labute approximate surface area is 221 Å². The number of aromatic nitrogens is 1. The molecule has 1 aromatic heterocycles. The van der Waals surface area contributed by atoms with Crippen molar-refractivity contribution in [3.8, 4) is 0 Å². The van der Waals surface area contributed by atoms with E-state index < -0.39 is 85.7 Å². The molecule has 0 aliphatic carbocycles. The highest BCUT2D eigenvalue weighted by Crippen LogP contribution is 2.19. The van der Waals surface area contributed by atoms with Crippen molar-refractivity contribution >= 4 is 46.5 Å². The molecule has 0 radical (unpaired) electrons. The number of benzene rings is 1. The van der Waals surface area contributed by atoms with Crippen molar-refractivity contribution in [1.29, 1.82) is 0 Å². The normalized spacial score (nSPS) is 14.0. The number of carbonyl (C=O) groups is 6. The predicted molar refractivity (Wildman–Crippen MR) is 134 cm³/mol. The summed E-state index contributed by atoms with van der Waals surface area (Å²) in [7, 11) is 0. The summed E-state index contributed by atoms with van der Waals surface area (Å²) >= 11 is 0. The summed E-state index contributed by atoms with van der Waals surface area (Å²) in [5, 5.41) is 44.5. The van der Waals surface area contributed by atoms with E-state index in [1.807, 2.05) is 0 Å². The quantitative estimate of drug-likeness (QED) is 0.114. The molecule has 0 bridgehead atoms. The number of fused-ring (bicyclic) bond motifs is 1. The van der Waals surface area contributed by atoms with Gasteiger partial charge < -0.3 is 47.1 Å². The van der Waals surface area contributed by atoms with Gasteiger partial charge in [0, 0.05) is 36.4 Å². The van der Waals surface area contributed by atoms with E-state index >= 15 is 0 Å². The van der Waals surface area contributed by atoms with Gasteiger partial charge in [-0.3, -0.25) is 24.0 Å². The van der Waals surface area contributed by atoms with Gasteiger partial charge in [0.25, 0.3) is 0 Å². The number of hydrogen-bond acceptors (Lipinski definition) is 8. The number of carbonyl (C=O) groups excluding carboxylic acids is 3. The van der Waals surface area contributed by atoms with Crippen molar-refractivity contribution in [2.45, 2.75) is 56.3 Å². The average molecular weight is 550 g/mol. The number of aromatic amines is 1. The molecule has 2 aromatic rings. The molecule has 0 aliphatic heterocycles. The number of para-hydroxylation sites is 1. The molecule has 15 heteroatoms. The maximum atomic E-state index is 12.8. The number of H-pyrrole nitrogens is 1. The highest BCUT2D eigenvalue weighted by Gasteiger charge is 2.30. The molecule has 1 aromatic carbocycles. The Morgan fingerprint density at radius 1 is 0.795 bits per heavy atom. The van der Waals surface area contributed by atoms with E-state index in [4.69, 9.17) is 15.9 Å². The summed E-state index contributed by atoms with van der Waals surface area (Å²) < 4.78 is 0. The van der Waals surface area contributed by atoms with E-state index in [0.717, 1.165) is 10.9 Å². The Morgan fingerprint density at radius 3 is 1.97 bits per heavy atom. The van der Waals surface area contributed by atoms with Crippen molar-refractivity contribution < 1.29 is 49.2 Å². The molecule has 15 nitrogen and oxygen atoms in total. The van der Waals surface area contributed by atoms with Crippen LogP contribution in [0, 0.1) is 0 Å². The number of aliphatic hydroxyl groups excluding tert-OH is 1. The Balaban J connectivity index is 2.09. The van der Waals surface area contributed by atoms with Crippen molar-refractivity contribution in [1.82, 2.24) is 20.9 Å². The molecule has 10 N–H and O–H groups in total. The van der Waals surface area contributed by atoms with Crippen molar-refractivity contribution in [2.24, 2.45) is 5.73 Å². The highest BCUT2D eigenvalue weighted by molar-refractivity contribution is 5.94. The van der Waals surface area contributed by atoms with Crippen molar-refractivity contribution in [3.05, 3.63) is 36.0 Å². The maximum absolute atomic E-state index is 12.8. The minimum Gasteiger partial charge on any atom is -0.481 e. The van der Waals surface area contributed by atoms with Gasteiger partial charge in [-0.2, -0.15) is 0 Å². The van der Waals surface area contributed by atoms with Crippen LogP contribution in [-0.2, 0) is 35.2 Å². The molecule has 0 spiro atoms. The standard InChI is InChI=1S/C24H31N5O10/c25-14(5-7-19(31)32)21(35)27-16(6-8-20(33)34)22(36)29-18(11-30)23(37)28-17(24(38)39)9-12-10-26-15-4-2-1-3-13(12)15/h1-4,10,14,16-18,26,30H,5-9,11,25H2,(H,27,35)(H,28,37)(H,29,36)(H,31,32)(H,33,34)(H,38,39). The van der Waals surface area contributed by atoms with E-state index in [1.54, 1.807) is 30.5 Å². The number of hydrogen-bond donors (Lipinski definition) is 9. The smallest absolute Gasteiger partial charge is 0.326 e. The average Bonchev–Trinajstić information content (AvgIpc) is 3.29. The number of amides is 3. The second kappa shape index (κ2) is 14.4. The molecule has 0 saturated carbocycles. The van der Waals surface area contributed by atoms with Crippen LogP contribution in [0.15, 0.2) is 30.5 Å². The molecular formula is C24H31N5O10. The van der Waals surface area contributed by atoms with Gasteiger partial charge in [-0.05, 0) is 24.5 Å². The van der Waals surface area contributed by atoms with E-state index in [9.17, 15) is 39.0 Å². The lowest BCUT2D eigenvalue weighted by Crippen LogP contribution is -2.58. The minimum atomic E-state index is -1.63. The lowest BCUT2D eigenvalue weighted by atomic mass is 10.0. The number of aliphatic carboxylic acids is 3. The van der Waals surface area contributed by atoms with Gasteiger partial charge in [-0.25, -0.2) is 4.79 Å². The molecule has 0 fully saturated rings. The first-order valence-corrected chi connectivity index (χ1v) is 11.9. The zero-order valence-corrected chi connectivity index (χ0v) is 20.8. The molecule has 4 atom stereocenters. The van der Waals surface area contributed by atoms with Crippen molar-refractivity contribution in [2.75, 3.05) is 6.61 Å². The first-order chi connectivity index (χ1) is 18.4. The number of nitrogens with two attached hydrogens (primary N) is 1. The van der Waals surface area contributed by atoms with Crippen LogP contribution in [0.5, 0.6) is 0 Å². The third kappa shape index (κ3) is 9.39. The van der Waals surface area contributed by atoms with Gasteiger partial charge in [-0.1, -0.05) is 18.2 Å². The van der Waals surface area contributed by atoms with Crippen molar-refractivity contribution in [3.63, 3.8) is 0 Å². The van der Waals surface area contributed by atoms with Crippen LogP contribution in [0.25, 0.3) is 10.9 Å². The minimum absolute atomic E-state index is 0.108. The molecule has 3 amide bonds. The number of carboxylic acids is 3. The molecule has 1 heterocycles. The Hall–Kier alpha value is -4.50. The first-order valence-electron chi connectivity index (χ1n) is 11.9. The van der Waals surface area contributed by atoms with Crippen LogP contribution in [0.3, 0.4) is 0 Å². The van der Waals surface area contributed by atoms with E-state index in [1.165, 1.54) is 0 Å². The summed E-state index contributed by atoms with van der Waals surface area (Å²) in [4.78, 5) is 74.4. The molecular weight excluding hydrogens is 518 g/mol. The summed E-state index contributed by atoms with van der Waals surface area (Å²) in [6, 6.07) is 1.28. The number of aliphatic hydroxyl groups is 1. The maximum Gasteiger partial charge on any atom is 0.326 e. The Bertz CT molecular complexity index is 1210. The summed E-state index contributed by atoms with van der Waals surface area (Å²) in [6.45, 7) is -0.936. The molecule has 2 rings (SSSR count). The third-order valence-corrected chi connectivity index (χ3v) is 5.81. The van der Waals surface area contributed by atoms with Gasteiger partial charge in [0.1, 0.15) is 18.1 Å². The second-order valence-electron chi connectivity index (χ2n) is 8.74. The molecule has 0 aliphatic rings. The van der Waals surface area contributed by atoms with E-state index in [0.29, 0.717) is 5.56 Å². The lowest BCUT2D eigenvalue weighted by molar-refractivity contribution is -0.142. The lowest BCUT2D eigenvalue weighted by Gasteiger charge is -2.24.